The first-order valence-electron chi connectivity index (χ1n) is 5.19. The van der Waals surface area contributed by atoms with Crippen molar-refractivity contribution in [2.24, 2.45) is 11.3 Å². The molecule has 1 aliphatic heterocycles. The van der Waals surface area contributed by atoms with Crippen molar-refractivity contribution in [2.75, 3.05) is 6.54 Å². The largest absolute Gasteiger partial charge is 0.480 e. The predicted octanol–water partition coefficient (Wildman–Crippen LogP) is 0.767. The number of rotatable bonds is 2. The van der Waals surface area contributed by atoms with Gasteiger partial charge in [0.25, 0.3) is 0 Å². The van der Waals surface area contributed by atoms with Gasteiger partial charge in [-0.1, -0.05) is 12.8 Å². The van der Waals surface area contributed by atoms with Crippen LogP contribution in [-0.4, -0.2) is 23.5 Å². The highest BCUT2D eigenvalue weighted by Gasteiger charge is 2.55. The van der Waals surface area contributed by atoms with Crippen molar-refractivity contribution in [1.29, 1.82) is 0 Å². The molecule has 0 aromatic carbocycles. The van der Waals surface area contributed by atoms with Gasteiger partial charge in [0.05, 0.1) is 0 Å². The Bertz CT molecular complexity index is 271. The molecule has 2 rings (SSSR count). The van der Waals surface area contributed by atoms with E-state index in [4.69, 9.17) is 0 Å². The Labute approximate surface area is 82.7 Å². The summed E-state index contributed by atoms with van der Waals surface area (Å²) in [6.07, 6.45) is 4.37. The molecule has 1 saturated carbocycles. The third kappa shape index (κ3) is 1.13. The lowest BCUT2D eigenvalue weighted by atomic mass is 9.73. The van der Waals surface area contributed by atoms with Crippen molar-refractivity contribution in [1.82, 2.24) is 5.32 Å². The van der Waals surface area contributed by atoms with Gasteiger partial charge in [0.2, 0.25) is 5.91 Å². The van der Waals surface area contributed by atoms with Crippen LogP contribution in [0.15, 0.2) is 0 Å². The van der Waals surface area contributed by atoms with Gasteiger partial charge in [-0.15, -0.1) is 0 Å². The second-order valence-corrected chi connectivity index (χ2v) is 4.26. The van der Waals surface area contributed by atoms with E-state index in [2.05, 4.69) is 5.32 Å². The van der Waals surface area contributed by atoms with E-state index in [1.807, 2.05) is 0 Å². The summed E-state index contributed by atoms with van der Waals surface area (Å²) in [7, 11) is 0. The van der Waals surface area contributed by atoms with Gasteiger partial charge in [0.1, 0.15) is 0 Å². The number of nitrogens with one attached hydrogen (secondary N) is 1. The quantitative estimate of drug-likeness (QED) is 0.642. The standard InChI is InChI=1S/C10H15NO3/c12-8-10(9(13)14,5-6-11-8)7-3-1-2-4-7/h7H,1-6H2,(H,11,12)(H,13,14)/t10-/m1/s1. The molecule has 1 amide bonds. The minimum atomic E-state index is -1.10. The normalized spacial score (nSPS) is 33.3. The van der Waals surface area contributed by atoms with Gasteiger partial charge in [-0.2, -0.15) is 0 Å². The van der Waals surface area contributed by atoms with Gasteiger partial charge in [0, 0.05) is 6.54 Å². The van der Waals surface area contributed by atoms with Crippen LogP contribution in [-0.2, 0) is 9.59 Å². The molecule has 2 fully saturated rings. The summed E-state index contributed by atoms with van der Waals surface area (Å²) in [6.45, 7) is 0.516. The van der Waals surface area contributed by atoms with Crippen LogP contribution in [0.2, 0.25) is 0 Å². The topological polar surface area (TPSA) is 66.4 Å². The van der Waals surface area contributed by atoms with Crippen molar-refractivity contribution in [3.63, 3.8) is 0 Å². The Balaban J connectivity index is 2.29. The van der Waals surface area contributed by atoms with Crippen LogP contribution in [0.4, 0.5) is 0 Å². The lowest BCUT2D eigenvalue weighted by Gasteiger charge is -2.27. The molecule has 2 N–H and O–H groups in total. The van der Waals surface area contributed by atoms with Crippen molar-refractivity contribution in [3.05, 3.63) is 0 Å². The summed E-state index contributed by atoms with van der Waals surface area (Å²) >= 11 is 0. The number of carboxylic acid groups (broad SMARTS) is 1. The number of hydrogen-bond acceptors (Lipinski definition) is 2. The van der Waals surface area contributed by atoms with Crippen molar-refractivity contribution >= 4 is 11.9 Å². The Kier molecular flexibility index (Phi) is 2.21. The lowest BCUT2D eigenvalue weighted by Crippen LogP contribution is -2.44. The molecule has 1 heterocycles. The molecule has 4 nitrogen and oxygen atoms in total. The molecule has 0 aromatic rings. The summed E-state index contributed by atoms with van der Waals surface area (Å²) in [5.41, 5.74) is -1.10. The Hall–Kier alpha value is -1.06. The highest BCUT2D eigenvalue weighted by molar-refractivity contribution is 6.03. The molecule has 0 unspecified atom stereocenters. The van der Waals surface area contributed by atoms with E-state index in [1.165, 1.54) is 0 Å². The maximum absolute atomic E-state index is 11.6. The fourth-order valence-corrected chi connectivity index (χ4v) is 2.83. The molecule has 0 bridgehead atoms. The highest BCUT2D eigenvalue weighted by atomic mass is 16.4. The first-order chi connectivity index (χ1) is 6.68. The minimum absolute atomic E-state index is 0.0579. The maximum atomic E-state index is 11.6. The van der Waals surface area contributed by atoms with E-state index < -0.39 is 11.4 Å². The van der Waals surface area contributed by atoms with E-state index in [1.54, 1.807) is 0 Å². The molecular formula is C10H15NO3. The number of amides is 1. The van der Waals surface area contributed by atoms with Crippen molar-refractivity contribution < 1.29 is 14.7 Å². The van der Waals surface area contributed by atoms with Crippen LogP contribution in [0.1, 0.15) is 32.1 Å². The van der Waals surface area contributed by atoms with E-state index in [0.717, 1.165) is 25.7 Å². The summed E-state index contributed by atoms with van der Waals surface area (Å²) in [5, 5.41) is 11.9. The average molecular weight is 197 g/mol. The first-order valence-corrected chi connectivity index (χ1v) is 5.19. The SMILES string of the molecule is O=C(O)[C@@]1(C2CCCC2)CCNC1=O. The van der Waals surface area contributed by atoms with Gasteiger partial charge in [-0.3, -0.25) is 9.59 Å². The Morgan fingerprint density at radius 1 is 1.43 bits per heavy atom. The molecule has 1 atom stereocenters. The second-order valence-electron chi connectivity index (χ2n) is 4.26. The molecule has 1 aliphatic carbocycles. The van der Waals surface area contributed by atoms with E-state index in [0.29, 0.717) is 13.0 Å². The highest BCUT2D eigenvalue weighted by Crippen LogP contribution is 2.44. The first kappa shape index (κ1) is 9.49. The molecule has 2 aliphatic rings. The summed E-state index contributed by atoms with van der Waals surface area (Å²) < 4.78 is 0. The smallest absolute Gasteiger partial charge is 0.319 e. The number of aliphatic carboxylic acids is 1. The monoisotopic (exact) mass is 197 g/mol. The molecule has 0 radical (unpaired) electrons. The lowest BCUT2D eigenvalue weighted by molar-refractivity contribution is -0.157. The average Bonchev–Trinajstić information content (AvgIpc) is 2.72. The Morgan fingerprint density at radius 2 is 2.07 bits per heavy atom. The fraction of sp³-hybridized carbons (Fsp3) is 0.800. The van der Waals surface area contributed by atoms with E-state index >= 15 is 0 Å². The molecule has 0 aromatic heterocycles. The Morgan fingerprint density at radius 3 is 2.50 bits per heavy atom. The van der Waals surface area contributed by atoms with Gasteiger partial charge < -0.3 is 10.4 Å². The van der Waals surface area contributed by atoms with Gasteiger partial charge >= 0.3 is 5.97 Å². The van der Waals surface area contributed by atoms with Gasteiger partial charge in [-0.05, 0) is 25.2 Å². The van der Waals surface area contributed by atoms with Crippen LogP contribution >= 0.6 is 0 Å². The molecule has 0 spiro atoms. The van der Waals surface area contributed by atoms with E-state index in [9.17, 15) is 14.7 Å². The van der Waals surface area contributed by atoms with Crippen LogP contribution in [0.3, 0.4) is 0 Å². The summed E-state index contributed by atoms with van der Waals surface area (Å²) in [6, 6.07) is 0. The van der Waals surface area contributed by atoms with Crippen LogP contribution in [0, 0.1) is 11.3 Å². The van der Waals surface area contributed by atoms with E-state index in [-0.39, 0.29) is 11.8 Å². The van der Waals surface area contributed by atoms with Gasteiger partial charge in [-0.25, -0.2) is 0 Å². The molecule has 1 saturated heterocycles. The maximum Gasteiger partial charge on any atom is 0.319 e. The second kappa shape index (κ2) is 3.26. The molecule has 78 valence electrons. The molecule has 4 heteroatoms. The van der Waals surface area contributed by atoms with Crippen molar-refractivity contribution in [3.8, 4) is 0 Å². The van der Waals surface area contributed by atoms with Crippen LogP contribution in [0.5, 0.6) is 0 Å². The minimum Gasteiger partial charge on any atom is -0.480 e. The van der Waals surface area contributed by atoms with Gasteiger partial charge in [0.15, 0.2) is 5.41 Å². The molecule has 14 heavy (non-hydrogen) atoms. The summed E-state index contributed by atoms with van der Waals surface area (Å²) in [5.74, 6) is -1.14. The zero-order valence-electron chi connectivity index (χ0n) is 8.08. The number of hydrogen-bond donors (Lipinski definition) is 2. The summed E-state index contributed by atoms with van der Waals surface area (Å²) in [4.78, 5) is 22.9. The third-order valence-corrected chi connectivity index (χ3v) is 3.64. The van der Waals surface area contributed by atoms with Crippen LogP contribution in [0.25, 0.3) is 0 Å². The zero-order chi connectivity index (χ0) is 10.2. The fourth-order valence-electron chi connectivity index (χ4n) is 2.83. The molecular weight excluding hydrogens is 182 g/mol. The third-order valence-electron chi connectivity index (χ3n) is 3.64. The zero-order valence-corrected chi connectivity index (χ0v) is 8.08. The number of carbonyl (C=O) groups is 2. The van der Waals surface area contributed by atoms with Crippen molar-refractivity contribution in [2.45, 2.75) is 32.1 Å². The van der Waals surface area contributed by atoms with Crippen LogP contribution < -0.4 is 5.32 Å². The number of carboxylic acids is 1. The predicted molar refractivity (Wildman–Crippen MR) is 49.7 cm³/mol. The number of carbonyl (C=O) groups excluding carboxylic acids is 1.